The first-order valence-electron chi connectivity index (χ1n) is 16.9. The summed E-state index contributed by atoms with van der Waals surface area (Å²) in [5, 5.41) is 14.5. The summed E-state index contributed by atoms with van der Waals surface area (Å²) in [6.45, 7) is 4.53. The number of piperazine rings is 1. The molecule has 2 aromatic heterocycles. The Morgan fingerprint density at radius 3 is 2.73 bits per heavy atom. The zero-order valence-electron chi connectivity index (χ0n) is 26.9. The van der Waals surface area contributed by atoms with Crippen LogP contribution in [0.1, 0.15) is 50.3 Å². The zero-order chi connectivity index (χ0) is 34.2. The standard InChI is InChI=1S/C35H36F6N6O2/c1-2-24-26-7-6-25-28-31(29(38)30(43-25)21-13-20(48)12-18-4-5-23(37)22(27(18)21)15-35(39,40)41)44-33(45-32(28)47(26)11-9-42-24)49-17-34-8-3-10-46(34)16-19(36)14-34/h4-5,12-13,19,24,26,42,48H,2-3,6-11,14-17H2,1H3/t19-,24+,26-,34+/m1/s1. The van der Waals surface area contributed by atoms with Gasteiger partial charge in [-0.1, -0.05) is 13.0 Å². The van der Waals surface area contributed by atoms with Gasteiger partial charge in [0.15, 0.2) is 5.82 Å². The molecule has 0 radical (unpaired) electrons. The van der Waals surface area contributed by atoms with Crippen LogP contribution < -0.4 is 15.0 Å². The van der Waals surface area contributed by atoms with Crippen molar-refractivity contribution < 1.29 is 36.2 Å². The van der Waals surface area contributed by atoms with Gasteiger partial charge in [-0.15, -0.1) is 0 Å². The molecule has 2 aromatic carbocycles. The highest BCUT2D eigenvalue weighted by Gasteiger charge is 2.49. The molecule has 0 unspecified atom stereocenters. The number of rotatable bonds is 6. The molecule has 4 aliphatic rings. The molecule has 0 saturated carbocycles. The number of halogens is 6. The van der Waals surface area contributed by atoms with E-state index in [1.165, 1.54) is 12.1 Å². The number of pyridine rings is 1. The van der Waals surface area contributed by atoms with Crippen molar-refractivity contribution in [3.63, 3.8) is 0 Å². The van der Waals surface area contributed by atoms with Gasteiger partial charge >= 0.3 is 12.2 Å². The van der Waals surface area contributed by atoms with Crippen LogP contribution in [0.3, 0.4) is 0 Å². The van der Waals surface area contributed by atoms with Gasteiger partial charge in [-0.3, -0.25) is 4.90 Å². The number of aryl methyl sites for hydroxylation is 1. The highest BCUT2D eigenvalue weighted by atomic mass is 19.4. The van der Waals surface area contributed by atoms with Gasteiger partial charge in [0.05, 0.1) is 23.0 Å². The third-order valence-corrected chi connectivity index (χ3v) is 10.8. The average molecular weight is 687 g/mol. The van der Waals surface area contributed by atoms with E-state index in [2.05, 4.69) is 27.0 Å². The Morgan fingerprint density at radius 2 is 1.94 bits per heavy atom. The molecule has 0 spiro atoms. The van der Waals surface area contributed by atoms with Gasteiger partial charge in [0.25, 0.3) is 0 Å². The molecule has 2 N–H and O–H groups in total. The predicted octanol–water partition coefficient (Wildman–Crippen LogP) is 6.39. The summed E-state index contributed by atoms with van der Waals surface area (Å²) < 4.78 is 94.2. The molecule has 3 fully saturated rings. The van der Waals surface area contributed by atoms with Crippen molar-refractivity contribution in [1.82, 2.24) is 25.2 Å². The molecule has 0 amide bonds. The van der Waals surface area contributed by atoms with Crippen LogP contribution in [0.25, 0.3) is 32.9 Å². The summed E-state index contributed by atoms with van der Waals surface area (Å²) in [7, 11) is 0. The van der Waals surface area contributed by atoms with Crippen molar-refractivity contribution in [3.05, 3.63) is 47.2 Å². The first kappa shape index (κ1) is 32.3. The fourth-order valence-corrected chi connectivity index (χ4v) is 8.76. The number of alkyl halides is 4. The minimum Gasteiger partial charge on any atom is -0.508 e. The van der Waals surface area contributed by atoms with E-state index in [4.69, 9.17) is 14.7 Å². The summed E-state index contributed by atoms with van der Waals surface area (Å²) in [6, 6.07) is 4.48. The predicted molar refractivity (Wildman–Crippen MR) is 172 cm³/mol. The zero-order valence-corrected chi connectivity index (χ0v) is 26.9. The Kier molecular flexibility index (Phi) is 7.82. The first-order chi connectivity index (χ1) is 23.4. The number of anilines is 1. The van der Waals surface area contributed by atoms with Crippen molar-refractivity contribution in [1.29, 1.82) is 0 Å². The molecule has 0 aliphatic carbocycles. The second kappa shape index (κ2) is 11.9. The van der Waals surface area contributed by atoms with Gasteiger partial charge in [-0.25, -0.2) is 18.2 Å². The maximum Gasteiger partial charge on any atom is 0.393 e. The number of hydrogen-bond acceptors (Lipinski definition) is 8. The van der Waals surface area contributed by atoms with Crippen molar-refractivity contribution in [2.75, 3.05) is 37.7 Å². The molecular formula is C35H36F6N6O2. The molecule has 4 atom stereocenters. The molecule has 14 heteroatoms. The lowest BCUT2D eigenvalue weighted by atomic mass is 9.93. The summed E-state index contributed by atoms with van der Waals surface area (Å²) in [5.41, 5.74) is -1.40. The summed E-state index contributed by atoms with van der Waals surface area (Å²) in [6.07, 6.45) is -3.53. The lowest BCUT2D eigenvalue weighted by Crippen LogP contribution is -2.58. The molecule has 8 nitrogen and oxygen atoms in total. The Hall–Kier alpha value is -3.91. The molecule has 8 rings (SSSR count). The largest absolute Gasteiger partial charge is 0.508 e. The fourth-order valence-electron chi connectivity index (χ4n) is 8.76. The minimum atomic E-state index is -4.76. The second-order valence-corrected chi connectivity index (χ2v) is 13.8. The Labute approximate surface area is 278 Å². The van der Waals surface area contributed by atoms with E-state index in [-0.39, 0.29) is 58.0 Å². The van der Waals surface area contributed by atoms with Crippen LogP contribution in [0.2, 0.25) is 0 Å². The number of fused-ring (bicyclic) bond motifs is 4. The maximum absolute atomic E-state index is 17.1. The normalized spacial score (nSPS) is 25.5. The molecule has 49 heavy (non-hydrogen) atoms. The molecule has 260 valence electrons. The van der Waals surface area contributed by atoms with Gasteiger partial charge in [0.2, 0.25) is 0 Å². The van der Waals surface area contributed by atoms with Crippen molar-refractivity contribution in [3.8, 4) is 23.0 Å². The highest BCUT2D eigenvalue weighted by molar-refractivity contribution is 6.02. The monoisotopic (exact) mass is 686 g/mol. The molecule has 3 saturated heterocycles. The number of hydrogen-bond donors (Lipinski definition) is 2. The van der Waals surface area contributed by atoms with Crippen molar-refractivity contribution in [2.45, 2.75) is 81.8 Å². The molecule has 4 aromatic rings. The minimum absolute atomic E-state index is 0.0226. The quantitative estimate of drug-likeness (QED) is 0.226. The van der Waals surface area contributed by atoms with Crippen LogP contribution in [0.5, 0.6) is 11.8 Å². The lowest BCUT2D eigenvalue weighted by molar-refractivity contribution is -0.127. The number of phenols is 1. The van der Waals surface area contributed by atoms with Crippen LogP contribution in [0.4, 0.5) is 32.2 Å². The number of nitrogens with one attached hydrogen (secondary N) is 1. The smallest absolute Gasteiger partial charge is 0.393 e. The molecule has 0 bridgehead atoms. The molecular weight excluding hydrogens is 650 g/mol. The Balaban J connectivity index is 1.33. The summed E-state index contributed by atoms with van der Waals surface area (Å²) in [4.78, 5) is 18.3. The Bertz CT molecular complexity index is 1960. The van der Waals surface area contributed by atoms with Gasteiger partial charge < -0.3 is 20.1 Å². The van der Waals surface area contributed by atoms with E-state index in [9.17, 15) is 22.7 Å². The number of ether oxygens (including phenoxy) is 1. The SMILES string of the molecule is CC[C@@H]1NCCN2c3nc(OC[C@@]45CCCN4C[C@H](F)C5)nc4c(F)c(-c5cc(O)cc6ccc(F)c(CC(F)(F)F)c56)nc(c34)CC[C@H]12. The van der Waals surface area contributed by atoms with Crippen LogP contribution in [-0.2, 0) is 12.8 Å². The first-order valence-corrected chi connectivity index (χ1v) is 16.9. The van der Waals surface area contributed by atoms with E-state index in [0.717, 1.165) is 37.9 Å². The number of nitrogens with zero attached hydrogens (tertiary/aromatic N) is 5. The van der Waals surface area contributed by atoms with Gasteiger partial charge in [-0.2, -0.15) is 23.1 Å². The third-order valence-electron chi connectivity index (χ3n) is 10.8. The fraction of sp³-hybridized carbons (Fsp3) is 0.514. The summed E-state index contributed by atoms with van der Waals surface area (Å²) in [5.74, 6) is -1.94. The van der Waals surface area contributed by atoms with E-state index in [1.807, 2.05) is 0 Å². The van der Waals surface area contributed by atoms with Crippen LogP contribution >= 0.6 is 0 Å². The molecule has 4 aliphatic heterocycles. The third kappa shape index (κ3) is 5.51. The van der Waals surface area contributed by atoms with E-state index < -0.39 is 41.5 Å². The number of phenolic OH excluding ortho intramolecular Hbond substituents is 1. The number of benzene rings is 2. The van der Waals surface area contributed by atoms with Crippen molar-refractivity contribution in [2.24, 2.45) is 0 Å². The maximum atomic E-state index is 17.1. The average Bonchev–Trinajstić information content (AvgIpc) is 3.53. The topological polar surface area (TPSA) is 86.6 Å². The van der Waals surface area contributed by atoms with Gasteiger partial charge in [-0.05, 0) is 67.6 Å². The second-order valence-electron chi connectivity index (χ2n) is 13.8. The highest BCUT2D eigenvalue weighted by Crippen LogP contribution is 2.44. The Morgan fingerprint density at radius 1 is 1.10 bits per heavy atom. The van der Waals surface area contributed by atoms with Crippen LogP contribution in [-0.4, -0.2) is 87.7 Å². The van der Waals surface area contributed by atoms with Crippen molar-refractivity contribution >= 4 is 27.5 Å². The number of aromatic hydroxyl groups is 1. The number of aromatic nitrogens is 3. The van der Waals surface area contributed by atoms with E-state index in [0.29, 0.717) is 55.8 Å². The molecule has 6 heterocycles. The van der Waals surface area contributed by atoms with Gasteiger partial charge in [0, 0.05) is 49.3 Å². The van der Waals surface area contributed by atoms with Crippen LogP contribution in [0.15, 0.2) is 24.3 Å². The lowest BCUT2D eigenvalue weighted by Gasteiger charge is -2.42. The van der Waals surface area contributed by atoms with E-state index >= 15 is 8.78 Å². The van der Waals surface area contributed by atoms with Crippen LogP contribution in [0, 0.1) is 11.6 Å². The summed E-state index contributed by atoms with van der Waals surface area (Å²) >= 11 is 0. The van der Waals surface area contributed by atoms with E-state index in [1.54, 1.807) is 0 Å². The van der Waals surface area contributed by atoms with Gasteiger partial charge in [0.1, 0.15) is 41.4 Å².